The molecule has 0 unspecified atom stereocenters. The number of hydrogen-bond acceptors (Lipinski definition) is 4. The fraction of sp³-hybridized carbons (Fsp3) is 0.417. The van der Waals surface area contributed by atoms with Gasteiger partial charge in [-0.2, -0.15) is 4.31 Å². The van der Waals surface area contributed by atoms with Crippen molar-refractivity contribution in [1.82, 2.24) is 4.31 Å². The molecule has 2 aromatic rings. The molecule has 176 valence electrons. The van der Waals surface area contributed by atoms with E-state index in [1.54, 1.807) is 12.1 Å². The molecule has 2 aliphatic rings. The van der Waals surface area contributed by atoms with Crippen molar-refractivity contribution in [3.63, 3.8) is 0 Å². The van der Waals surface area contributed by atoms with E-state index in [1.165, 1.54) is 28.6 Å². The zero-order valence-corrected chi connectivity index (χ0v) is 19.6. The maximum Gasteiger partial charge on any atom is 0.292 e. The van der Waals surface area contributed by atoms with Gasteiger partial charge in [0.05, 0.1) is 43.2 Å². The van der Waals surface area contributed by atoms with Gasteiger partial charge in [0.1, 0.15) is 5.82 Å². The Labute approximate surface area is 193 Å². The van der Waals surface area contributed by atoms with E-state index < -0.39 is 21.9 Å². The van der Waals surface area contributed by atoms with Gasteiger partial charge in [0.25, 0.3) is 5.91 Å². The lowest BCUT2D eigenvalue weighted by Gasteiger charge is -2.33. The molecule has 2 saturated heterocycles. The molecule has 9 heteroatoms. The van der Waals surface area contributed by atoms with Crippen LogP contribution >= 0.6 is 0 Å². The molecule has 2 amide bonds. The number of anilines is 1. The summed E-state index contributed by atoms with van der Waals surface area (Å²) in [6, 6.07) is 11.8. The lowest BCUT2D eigenvalue weighted by atomic mass is 9.99. The number of carbonyl (C=O) groups is 2. The summed E-state index contributed by atoms with van der Waals surface area (Å²) in [5.74, 6) is -0.707. The van der Waals surface area contributed by atoms with E-state index in [1.807, 2.05) is 12.1 Å². The average Bonchev–Trinajstić information content (AvgIpc) is 3.13. The molecule has 0 radical (unpaired) electrons. The van der Waals surface area contributed by atoms with Crippen LogP contribution in [0.2, 0.25) is 0 Å². The highest BCUT2D eigenvalue weighted by molar-refractivity contribution is 7.89. The van der Waals surface area contributed by atoms with E-state index in [9.17, 15) is 22.4 Å². The van der Waals surface area contributed by atoms with Gasteiger partial charge >= 0.3 is 0 Å². The predicted octanol–water partition coefficient (Wildman–Crippen LogP) is 1.56. The number of amides is 2. The molecule has 4 rings (SSSR count). The Balaban J connectivity index is 1.42. The van der Waals surface area contributed by atoms with Gasteiger partial charge in [-0.1, -0.05) is 26.0 Å². The first kappa shape index (κ1) is 23.5. The van der Waals surface area contributed by atoms with Gasteiger partial charge in [0.2, 0.25) is 15.9 Å². The Morgan fingerprint density at radius 3 is 2.21 bits per heavy atom. The first-order valence-corrected chi connectivity index (χ1v) is 12.7. The van der Waals surface area contributed by atoms with Gasteiger partial charge in [-0.15, -0.1) is 0 Å². The number of carbonyl (C=O) groups excluding carboxylic acids is 2. The molecular formula is C24H29FN3O4S+. The third-order valence-electron chi connectivity index (χ3n) is 6.79. The Bertz CT molecular complexity index is 1130. The molecule has 0 aromatic heterocycles. The van der Waals surface area contributed by atoms with Crippen molar-refractivity contribution in [2.24, 2.45) is 0 Å². The topological polar surface area (TPSA) is 79.2 Å². The maximum absolute atomic E-state index is 13.2. The Morgan fingerprint density at radius 1 is 1.03 bits per heavy atom. The van der Waals surface area contributed by atoms with Gasteiger partial charge in [0.15, 0.2) is 6.04 Å². The summed E-state index contributed by atoms with van der Waals surface area (Å²) >= 11 is 0. The summed E-state index contributed by atoms with van der Waals surface area (Å²) < 4.78 is 40.9. The Kier molecular flexibility index (Phi) is 6.65. The fourth-order valence-corrected chi connectivity index (χ4v) is 5.97. The number of sulfonamides is 1. The van der Waals surface area contributed by atoms with Crippen LogP contribution in [0.5, 0.6) is 0 Å². The normalized spacial score (nSPS) is 21.5. The molecule has 7 nitrogen and oxygen atoms in total. The molecule has 33 heavy (non-hydrogen) atoms. The van der Waals surface area contributed by atoms with E-state index in [2.05, 4.69) is 13.8 Å². The lowest BCUT2D eigenvalue weighted by Crippen LogP contribution is -3.19. The van der Waals surface area contributed by atoms with Crippen LogP contribution in [0.1, 0.15) is 38.2 Å². The Hall–Kier alpha value is -2.62. The summed E-state index contributed by atoms with van der Waals surface area (Å²) in [6.45, 7) is 5.63. The van der Waals surface area contributed by atoms with E-state index in [0.29, 0.717) is 24.7 Å². The zero-order valence-electron chi connectivity index (χ0n) is 18.8. The molecule has 2 heterocycles. The van der Waals surface area contributed by atoms with Crippen LogP contribution in [0.25, 0.3) is 0 Å². The van der Waals surface area contributed by atoms with E-state index in [4.69, 9.17) is 0 Å². The SMILES string of the molecule is CC[C@@H](C)c1ccc(S(=O)(=O)N2CC[NH+]([C@H]3CC(=O)N(c4ccc(F)cc4)C3=O)CC2)cc1. The standard InChI is InChI=1S/C24H28FN3O4S/c1-3-17(2)18-4-10-21(11-5-18)33(31,32)27-14-12-26(13-15-27)22-16-23(29)28(24(22)30)20-8-6-19(25)7-9-20/h4-11,17,22H,3,12-16H2,1-2H3/p+1/t17-,22+/m1/s1. The summed E-state index contributed by atoms with van der Waals surface area (Å²) in [5, 5.41) is 0. The van der Waals surface area contributed by atoms with Crippen LogP contribution < -0.4 is 9.80 Å². The molecule has 2 aliphatic heterocycles. The minimum atomic E-state index is -3.62. The number of quaternary nitrogens is 1. The third-order valence-corrected chi connectivity index (χ3v) is 8.70. The van der Waals surface area contributed by atoms with Crippen molar-refractivity contribution in [1.29, 1.82) is 0 Å². The van der Waals surface area contributed by atoms with Crippen molar-refractivity contribution in [2.45, 2.75) is 43.5 Å². The van der Waals surface area contributed by atoms with Crippen LogP contribution in [0.4, 0.5) is 10.1 Å². The summed E-state index contributed by atoms with van der Waals surface area (Å²) in [5.41, 5.74) is 1.47. The van der Waals surface area contributed by atoms with Gasteiger partial charge in [-0.25, -0.2) is 17.7 Å². The first-order chi connectivity index (χ1) is 15.7. The monoisotopic (exact) mass is 474 g/mol. The molecule has 2 atom stereocenters. The van der Waals surface area contributed by atoms with E-state index >= 15 is 0 Å². The molecule has 1 N–H and O–H groups in total. The van der Waals surface area contributed by atoms with Gasteiger partial charge in [0, 0.05) is 0 Å². The molecule has 0 saturated carbocycles. The second-order valence-electron chi connectivity index (χ2n) is 8.74. The average molecular weight is 475 g/mol. The third kappa shape index (κ3) is 4.58. The largest absolute Gasteiger partial charge is 0.322 e. The van der Waals surface area contributed by atoms with Crippen LogP contribution in [-0.4, -0.2) is 56.8 Å². The zero-order chi connectivity index (χ0) is 23.8. The summed E-state index contributed by atoms with van der Waals surface area (Å²) in [4.78, 5) is 27.8. The smallest absolute Gasteiger partial charge is 0.292 e. The predicted molar refractivity (Wildman–Crippen MR) is 122 cm³/mol. The highest BCUT2D eigenvalue weighted by Crippen LogP contribution is 2.24. The number of nitrogens with zero attached hydrogens (tertiary/aromatic N) is 2. The number of benzene rings is 2. The van der Waals surface area contributed by atoms with E-state index in [-0.39, 0.29) is 36.2 Å². The van der Waals surface area contributed by atoms with E-state index in [0.717, 1.165) is 21.8 Å². The maximum atomic E-state index is 13.2. The molecule has 2 fully saturated rings. The van der Waals surface area contributed by atoms with Gasteiger partial charge < -0.3 is 4.90 Å². The molecule has 0 spiro atoms. The van der Waals surface area contributed by atoms with Crippen LogP contribution in [0.3, 0.4) is 0 Å². The van der Waals surface area contributed by atoms with Crippen molar-refractivity contribution in [3.8, 4) is 0 Å². The number of imide groups is 1. The van der Waals surface area contributed by atoms with Crippen LogP contribution in [-0.2, 0) is 19.6 Å². The number of halogens is 1. The van der Waals surface area contributed by atoms with Crippen molar-refractivity contribution >= 4 is 27.5 Å². The fourth-order valence-electron chi connectivity index (χ4n) is 4.53. The number of hydrogen-bond donors (Lipinski definition) is 1. The second kappa shape index (κ2) is 9.32. The molecule has 2 aromatic carbocycles. The van der Waals surface area contributed by atoms with Crippen molar-refractivity contribution in [3.05, 3.63) is 59.9 Å². The lowest BCUT2D eigenvalue weighted by molar-refractivity contribution is -0.918. The quantitative estimate of drug-likeness (QED) is 0.645. The summed E-state index contributed by atoms with van der Waals surface area (Å²) in [6.07, 6.45) is 1.05. The first-order valence-electron chi connectivity index (χ1n) is 11.3. The number of nitrogens with one attached hydrogen (secondary N) is 1. The number of rotatable bonds is 6. The van der Waals surface area contributed by atoms with Crippen molar-refractivity contribution in [2.75, 3.05) is 31.1 Å². The minimum absolute atomic E-state index is 0.0648. The highest BCUT2D eigenvalue weighted by Gasteiger charge is 2.47. The van der Waals surface area contributed by atoms with Gasteiger partial charge in [-0.3, -0.25) is 9.59 Å². The molecular weight excluding hydrogens is 445 g/mol. The molecule has 0 aliphatic carbocycles. The van der Waals surface area contributed by atoms with Crippen molar-refractivity contribution < 1.29 is 27.3 Å². The second-order valence-corrected chi connectivity index (χ2v) is 10.7. The van der Waals surface area contributed by atoms with Crippen LogP contribution in [0.15, 0.2) is 53.4 Å². The molecule has 0 bridgehead atoms. The highest BCUT2D eigenvalue weighted by atomic mass is 32.2. The summed E-state index contributed by atoms with van der Waals surface area (Å²) in [7, 11) is -3.62. The number of piperazine rings is 1. The Morgan fingerprint density at radius 2 is 1.64 bits per heavy atom. The van der Waals surface area contributed by atoms with Crippen LogP contribution in [0, 0.1) is 5.82 Å². The van der Waals surface area contributed by atoms with Gasteiger partial charge in [-0.05, 0) is 54.3 Å². The minimum Gasteiger partial charge on any atom is -0.322 e.